The van der Waals surface area contributed by atoms with Crippen LogP contribution in [0.25, 0.3) is 0 Å². The van der Waals surface area contributed by atoms with Gasteiger partial charge in [-0.05, 0) is 134 Å². The topological polar surface area (TPSA) is 73.8 Å². The van der Waals surface area contributed by atoms with Gasteiger partial charge in [0, 0.05) is 6.42 Å². The quantitative estimate of drug-likeness (QED) is 0.0653. The van der Waals surface area contributed by atoms with Crippen molar-refractivity contribution in [2.45, 2.75) is 267 Å². The van der Waals surface area contributed by atoms with Gasteiger partial charge in [-0.1, -0.05) is 55.4 Å². The van der Waals surface area contributed by atoms with Crippen LogP contribution < -0.4 is 0 Å². The van der Waals surface area contributed by atoms with Gasteiger partial charge in [-0.3, -0.25) is 0 Å². The molecule has 0 aromatic heterocycles. The Labute approximate surface area is 336 Å². The van der Waals surface area contributed by atoms with Gasteiger partial charge in [-0.15, -0.1) is 0 Å². The lowest BCUT2D eigenvalue weighted by Crippen LogP contribution is -2.54. The summed E-state index contributed by atoms with van der Waals surface area (Å²) >= 11 is 0. The molecule has 0 saturated heterocycles. The summed E-state index contributed by atoms with van der Waals surface area (Å²) in [4.78, 5) is 0. The smallest absolute Gasteiger partial charge is 0.0910 e. The summed E-state index contributed by atoms with van der Waals surface area (Å²) < 4.78 is 54.4. The molecule has 0 aliphatic rings. The second kappa shape index (κ2) is 25.2. The second-order valence-electron chi connectivity index (χ2n) is 17.8. The predicted octanol–water partition coefficient (Wildman–Crippen LogP) is 11.9. The second-order valence-corrected chi connectivity index (χ2v) is 17.8. The molecule has 12 atom stereocenters. The molecule has 0 radical (unpaired) electrons. The molecule has 0 spiro atoms. The molecule has 326 valence electrons. The highest BCUT2D eigenvalue weighted by Crippen LogP contribution is 2.37. The van der Waals surface area contributed by atoms with Crippen LogP contribution in [0.2, 0.25) is 0 Å². The van der Waals surface area contributed by atoms with Gasteiger partial charge in [-0.25, -0.2) is 0 Å². The Bertz CT molecular complexity index is 877. The number of ether oxygens (including phenoxy) is 8. The molecule has 0 saturated carbocycles. The molecule has 54 heavy (non-hydrogen) atoms. The molecule has 0 aliphatic heterocycles. The summed E-state index contributed by atoms with van der Waals surface area (Å²) in [6.45, 7) is 44.7. The molecule has 0 aromatic rings. The highest BCUT2D eigenvalue weighted by Gasteiger charge is 2.45. The number of hydrogen-bond donors (Lipinski definition) is 0. The molecule has 8 heteroatoms. The fourth-order valence-electron chi connectivity index (χ4n) is 6.27. The first kappa shape index (κ1) is 53.7. The van der Waals surface area contributed by atoms with Crippen LogP contribution in [0, 0.1) is 5.41 Å². The number of hydrogen-bond acceptors (Lipinski definition) is 8. The van der Waals surface area contributed by atoms with Crippen molar-refractivity contribution in [3.05, 3.63) is 0 Å². The lowest BCUT2D eigenvalue weighted by Gasteiger charge is -2.46. The van der Waals surface area contributed by atoms with Gasteiger partial charge in [-0.2, -0.15) is 0 Å². The maximum Gasteiger partial charge on any atom is 0.0910 e. The van der Waals surface area contributed by atoms with Crippen LogP contribution in [0.3, 0.4) is 0 Å². The molecule has 0 bridgehead atoms. The Morgan fingerprint density at radius 3 is 0.889 bits per heavy atom. The largest absolute Gasteiger partial charge is 0.375 e. The summed E-state index contributed by atoms with van der Waals surface area (Å²) in [5.41, 5.74) is -2.72. The Morgan fingerprint density at radius 1 is 0.352 bits per heavy atom. The van der Waals surface area contributed by atoms with E-state index in [9.17, 15) is 0 Å². The SMILES string of the molecule is CCC(C)OC(C)CC(C)(CC)OCC(COC(C)(CC)C(C)OC(C)CC)(COC(C)(CC)C(C)OC(C)CC)COC(C)(CC)C(C)OC(C)CC. The van der Waals surface area contributed by atoms with Gasteiger partial charge in [0.15, 0.2) is 0 Å². The molecule has 0 aromatic carbocycles. The molecule has 0 heterocycles. The fraction of sp³-hybridized carbons (Fsp3) is 1.00. The van der Waals surface area contributed by atoms with Gasteiger partial charge in [0.25, 0.3) is 0 Å². The minimum Gasteiger partial charge on any atom is -0.375 e. The Hall–Kier alpha value is -0.320. The van der Waals surface area contributed by atoms with E-state index in [0.717, 1.165) is 57.8 Å². The molecule has 0 N–H and O–H groups in total. The molecular formula is C46H94O8. The van der Waals surface area contributed by atoms with Crippen LogP contribution in [0.4, 0.5) is 0 Å². The zero-order valence-corrected chi connectivity index (χ0v) is 39.6. The van der Waals surface area contributed by atoms with Crippen molar-refractivity contribution in [3.63, 3.8) is 0 Å². The summed E-state index contributed by atoms with van der Waals surface area (Å²) in [5, 5.41) is 0. The van der Waals surface area contributed by atoms with Gasteiger partial charge in [0.2, 0.25) is 0 Å². The summed E-state index contributed by atoms with van der Waals surface area (Å²) in [5.74, 6) is 0. The average molecular weight is 775 g/mol. The van der Waals surface area contributed by atoms with Gasteiger partial charge in [0.1, 0.15) is 0 Å². The van der Waals surface area contributed by atoms with E-state index in [1.807, 2.05) is 0 Å². The van der Waals surface area contributed by atoms with E-state index in [-0.39, 0.29) is 48.8 Å². The van der Waals surface area contributed by atoms with Crippen LogP contribution in [0.5, 0.6) is 0 Å². The molecule has 12 unspecified atom stereocenters. The van der Waals surface area contributed by atoms with Gasteiger partial charge >= 0.3 is 0 Å². The number of rotatable bonds is 33. The van der Waals surface area contributed by atoms with Crippen LogP contribution >= 0.6 is 0 Å². The van der Waals surface area contributed by atoms with E-state index in [4.69, 9.17) is 37.9 Å². The van der Waals surface area contributed by atoms with Crippen molar-refractivity contribution in [2.75, 3.05) is 26.4 Å². The van der Waals surface area contributed by atoms with E-state index in [0.29, 0.717) is 26.4 Å². The van der Waals surface area contributed by atoms with Crippen LogP contribution in [0.1, 0.15) is 196 Å². The highest BCUT2D eigenvalue weighted by atomic mass is 16.6. The van der Waals surface area contributed by atoms with Crippen LogP contribution in [-0.2, 0) is 37.9 Å². The third-order valence-electron chi connectivity index (χ3n) is 13.1. The Morgan fingerprint density at radius 2 is 0.630 bits per heavy atom. The highest BCUT2D eigenvalue weighted by molar-refractivity contribution is 4.92. The average Bonchev–Trinajstić information content (AvgIpc) is 3.15. The van der Waals surface area contributed by atoms with Gasteiger partial charge < -0.3 is 37.9 Å². The third kappa shape index (κ3) is 17.7. The van der Waals surface area contributed by atoms with Crippen LogP contribution in [-0.4, -0.2) is 97.7 Å². The maximum atomic E-state index is 7.14. The van der Waals surface area contributed by atoms with E-state index in [2.05, 4.69) is 138 Å². The summed E-state index contributed by atoms with van der Waals surface area (Å²) in [7, 11) is 0. The van der Waals surface area contributed by atoms with Gasteiger partial charge in [0.05, 0.1) is 103 Å². The van der Waals surface area contributed by atoms with E-state index in [1.165, 1.54) is 0 Å². The third-order valence-corrected chi connectivity index (χ3v) is 13.1. The molecule has 8 nitrogen and oxygen atoms in total. The Kier molecular flexibility index (Phi) is 25.1. The first-order valence-corrected chi connectivity index (χ1v) is 22.2. The minimum atomic E-state index is -0.678. The Balaban J connectivity index is 7.22. The molecule has 0 amide bonds. The zero-order valence-electron chi connectivity index (χ0n) is 39.6. The van der Waals surface area contributed by atoms with Crippen molar-refractivity contribution in [1.29, 1.82) is 0 Å². The standard InChI is InChI=1S/C46H94O8/c1-21-34(9)51-38(13)29-42(17,25-5)47-30-46(31-48-43(18,26-6)39(14)52-35(10)22-2,32-49-44(19,27-7)40(15)53-36(11)23-3)33-50-45(20,28-8)41(16)54-37(12)24-4/h34-41H,21-33H2,1-20H3. The fourth-order valence-corrected chi connectivity index (χ4v) is 6.27. The van der Waals surface area contributed by atoms with Crippen molar-refractivity contribution in [1.82, 2.24) is 0 Å². The van der Waals surface area contributed by atoms with E-state index >= 15 is 0 Å². The molecule has 0 rings (SSSR count). The predicted molar refractivity (Wildman–Crippen MR) is 227 cm³/mol. The minimum absolute atomic E-state index is 0.0499. The first-order valence-electron chi connectivity index (χ1n) is 22.2. The zero-order chi connectivity index (χ0) is 42.0. The summed E-state index contributed by atoms with van der Waals surface area (Å²) in [6, 6.07) is 0. The maximum absolute atomic E-state index is 7.14. The first-order chi connectivity index (χ1) is 25.0. The van der Waals surface area contributed by atoms with Crippen molar-refractivity contribution in [2.24, 2.45) is 5.41 Å². The van der Waals surface area contributed by atoms with E-state index < -0.39 is 27.8 Å². The lowest BCUT2D eigenvalue weighted by molar-refractivity contribution is -0.237. The summed E-state index contributed by atoms with van der Waals surface area (Å²) in [6.07, 6.45) is 8.08. The monoisotopic (exact) mass is 775 g/mol. The molecule has 0 aliphatic carbocycles. The normalized spacial score (nSPS) is 22.7. The lowest BCUT2D eigenvalue weighted by atomic mass is 9.87. The van der Waals surface area contributed by atoms with Crippen molar-refractivity contribution < 1.29 is 37.9 Å². The molecule has 0 fully saturated rings. The molecular weight excluding hydrogens is 680 g/mol. The van der Waals surface area contributed by atoms with Crippen molar-refractivity contribution >= 4 is 0 Å². The van der Waals surface area contributed by atoms with Crippen molar-refractivity contribution in [3.8, 4) is 0 Å². The van der Waals surface area contributed by atoms with Crippen LogP contribution in [0.15, 0.2) is 0 Å². The van der Waals surface area contributed by atoms with E-state index in [1.54, 1.807) is 0 Å².